The van der Waals surface area contributed by atoms with Crippen LogP contribution >= 0.6 is 22.6 Å². The van der Waals surface area contributed by atoms with Gasteiger partial charge in [0.15, 0.2) is 0 Å². The van der Waals surface area contributed by atoms with Crippen LogP contribution in [0.25, 0.3) is 0 Å². The number of imidazole rings is 2. The average Bonchev–Trinajstić information content (AvgIpc) is 3.32. The van der Waals surface area contributed by atoms with Crippen molar-refractivity contribution in [2.75, 3.05) is 13.2 Å². The van der Waals surface area contributed by atoms with E-state index in [4.69, 9.17) is 16.2 Å². The Morgan fingerprint density at radius 2 is 1.69 bits per heavy atom. The predicted octanol–water partition coefficient (Wildman–Crippen LogP) is 2.01. The Morgan fingerprint density at radius 3 is 2.27 bits per heavy atom. The highest BCUT2D eigenvalue weighted by atomic mass is 127. The highest BCUT2D eigenvalue weighted by molar-refractivity contribution is 14.1. The van der Waals surface area contributed by atoms with Crippen LogP contribution in [0.4, 0.5) is 0 Å². The predicted molar refractivity (Wildman–Crippen MR) is 110 cm³/mol. The fourth-order valence-corrected chi connectivity index (χ4v) is 2.58. The van der Waals surface area contributed by atoms with Gasteiger partial charge < -0.3 is 26.2 Å². The largest absolute Gasteiger partial charge is 0.375 e. The quantitative estimate of drug-likeness (QED) is 0.378. The van der Waals surface area contributed by atoms with Gasteiger partial charge in [-0.3, -0.25) is 0 Å². The summed E-state index contributed by atoms with van der Waals surface area (Å²) in [6.45, 7) is 1.83. The summed E-state index contributed by atoms with van der Waals surface area (Å²) >= 11 is 2.29. The fraction of sp³-hybridized carbons (Fsp3) is 0.333. The smallest absolute Gasteiger partial charge is 0.0921 e. The second-order valence-corrected chi connectivity index (χ2v) is 7.04. The first-order valence-corrected chi connectivity index (χ1v) is 9.47. The van der Waals surface area contributed by atoms with E-state index in [1.807, 2.05) is 0 Å². The first kappa shape index (κ1) is 20.6. The van der Waals surface area contributed by atoms with Gasteiger partial charge in [-0.2, -0.15) is 0 Å². The third kappa shape index (κ3) is 8.09. The Bertz CT molecular complexity index is 700. The molecule has 0 fully saturated rings. The third-order valence-corrected chi connectivity index (χ3v) is 4.24. The van der Waals surface area contributed by atoms with E-state index >= 15 is 0 Å². The van der Waals surface area contributed by atoms with Gasteiger partial charge in [-0.1, -0.05) is 12.1 Å². The monoisotopic (exact) mass is 468 g/mol. The van der Waals surface area contributed by atoms with E-state index < -0.39 is 0 Å². The molecule has 0 aliphatic rings. The SMILES string of the molecule is NCCc1cnc[nH]1.N[C@H](COCc1ccc(I)cc1)Cc1cnc[nH]1. The van der Waals surface area contributed by atoms with E-state index in [0.717, 1.165) is 24.2 Å². The van der Waals surface area contributed by atoms with Crippen molar-refractivity contribution in [1.82, 2.24) is 19.9 Å². The summed E-state index contributed by atoms with van der Waals surface area (Å²) in [6.07, 6.45) is 8.54. The molecule has 140 valence electrons. The standard InChI is InChI=1S/C13H16IN3O.C5H9N3/c14-11-3-1-10(2-4-11)7-18-8-12(15)5-13-6-16-9-17-13;6-2-1-5-3-7-4-8-5/h1-4,6,9,12H,5,7-8,15H2,(H,16,17);3-4H,1-2,6H2,(H,7,8)/t12-;/m0./s1. The number of benzene rings is 1. The van der Waals surface area contributed by atoms with Gasteiger partial charge in [-0.15, -0.1) is 0 Å². The molecule has 2 heterocycles. The van der Waals surface area contributed by atoms with E-state index in [1.165, 1.54) is 9.13 Å². The molecule has 0 saturated heterocycles. The Labute approximate surface area is 167 Å². The van der Waals surface area contributed by atoms with Gasteiger partial charge in [0.25, 0.3) is 0 Å². The number of H-pyrrole nitrogens is 2. The maximum atomic E-state index is 5.98. The molecule has 0 spiro atoms. The highest BCUT2D eigenvalue weighted by Crippen LogP contribution is 2.08. The molecule has 0 radical (unpaired) electrons. The van der Waals surface area contributed by atoms with Gasteiger partial charge in [0.05, 0.1) is 25.9 Å². The van der Waals surface area contributed by atoms with Crippen molar-refractivity contribution < 1.29 is 4.74 Å². The lowest BCUT2D eigenvalue weighted by molar-refractivity contribution is 0.107. The van der Waals surface area contributed by atoms with Crippen molar-refractivity contribution in [1.29, 1.82) is 0 Å². The van der Waals surface area contributed by atoms with E-state index in [2.05, 4.69) is 66.8 Å². The number of ether oxygens (including phenoxy) is 1. The number of hydrogen-bond donors (Lipinski definition) is 4. The minimum Gasteiger partial charge on any atom is -0.375 e. The molecule has 0 bridgehead atoms. The van der Waals surface area contributed by atoms with E-state index in [0.29, 0.717) is 19.8 Å². The van der Waals surface area contributed by atoms with Crippen LogP contribution in [0, 0.1) is 3.57 Å². The summed E-state index contributed by atoms with van der Waals surface area (Å²) in [5.74, 6) is 0. The van der Waals surface area contributed by atoms with Crippen molar-refractivity contribution in [2.24, 2.45) is 11.5 Å². The molecule has 0 saturated carbocycles. The number of nitrogens with two attached hydrogens (primary N) is 2. The molecule has 1 atom stereocenters. The molecule has 26 heavy (non-hydrogen) atoms. The van der Waals surface area contributed by atoms with Gasteiger partial charge >= 0.3 is 0 Å². The van der Waals surface area contributed by atoms with Gasteiger partial charge in [-0.05, 0) is 46.8 Å². The molecule has 7 nitrogen and oxygen atoms in total. The number of nitrogens with one attached hydrogen (secondary N) is 2. The zero-order valence-electron chi connectivity index (χ0n) is 14.6. The lowest BCUT2D eigenvalue weighted by atomic mass is 10.2. The van der Waals surface area contributed by atoms with Crippen molar-refractivity contribution in [3.8, 4) is 0 Å². The molecule has 0 amide bonds. The second-order valence-electron chi connectivity index (χ2n) is 5.80. The van der Waals surface area contributed by atoms with E-state index in [9.17, 15) is 0 Å². The summed E-state index contributed by atoms with van der Waals surface area (Å²) < 4.78 is 6.84. The number of rotatable bonds is 8. The first-order chi connectivity index (χ1) is 12.7. The summed E-state index contributed by atoms with van der Waals surface area (Å²) in [4.78, 5) is 13.8. The summed E-state index contributed by atoms with van der Waals surface area (Å²) in [7, 11) is 0. The van der Waals surface area contributed by atoms with Gasteiger partial charge in [-0.25, -0.2) is 9.97 Å². The number of aromatic amines is 2. The molecular weight excluding hydrogens is 443 g/mol. The zero-order valence-corrected chi connectivity index (χ0v) is 16.7. The average molecular weight is 468 g/mol. The number of aromatic nitrogens is 4. The van der Waals surface area contributed by atoms with Crippen LogP contribution in [0.1, 0.15) is 17.0 Å². The summed E-state index contributed by atoms with van der Waals surface area (Å²) in [5, 5.41) is 0. The fourth-order valence-electron chi connectivity index (χ4n) is 2.22. The van der Waals surface area contributed by atoms with Crippen LogP contribution in [0.2, 0.25) is 0 Å². The molecule has 3 rings (SSSR count). The van der Waals surface area contributed by atoms with Crippen molar-refractivity contribution >= 4 is 22.6 Å². The van der Waals surface area contributed by atoms with Crippen LogP contribution in [0.15, 0.2) is 49.3 Å². The van der Waals surface area contributed by atoms with E-state index in [1.54, 1.807) is 25.0 Å². The minimum absolute atomic E-state index is 0.00528. The molecule has 1 aromatic carbocycles. The van der Waals surface area contributed by atoms with Crippen LogP contribution in [0.3, 0.4) is 0 Å². The zero-order chi connectivity index (χ0) is 18.6. The molecule has 3 aromatic rings. The molecular formula is C18H25IN6O. The molecule has 6 N–H and O–H groups in total. The summed E-state index contributed by atoms with van der Waals surface area (Å²) in [5.41, 5.74) is 14.6. The third-order valence-electron chi connectivity index (χ3n) is 3.52. The maximum Gasteiger partial charge on any atom is 0.0921 e. The number of nitrogens with zero attached hydrogens (tertiary/aromatic N) is 2. The van der Waals surface area contributed by atoms with Crippen molar-refractivity contribution in [2.45, 2.75) is 25.5 Å². The maximum absolute atomic E-state index is 5.98. The number of hydrogen-bond acceptors (Lipinski definition) is 5. The van der Waals surface area contributed by atoms with Crippen LogP contribution in [-0.2, 0) is 24.2 Å². The van der Waals surface area contributed by atoms with E-state index in [-0.39, 0.29) is 6.04 Å². The minimum atomic E-state index is -0.00528. The van der Waals surface area contributed by atoms with Gasteiger partial charge in [0.2, 0.25) is 0 Å². The first-order valence-electron chi connectivity index (χ1n) is 8.39. The Balaban J connectivity index is 0.000000254. The van der Waals surface area contributed by atoms with Gasteiger partial charge in [0, 0.05) is 46.2 Å². The lowest BCUT2D eigenvalue weighted by Gasteiger charge is -2.11. The normalized spacial score (nSPS) is 11.7. The Kier molecular flexibility index (Phi) is 9.32. The van der Waals surface area contributed by atoms with Crippen LogP contribution in [0.5, 0.6) is 0 Å². The molecule has 0 aliphatic heterocycles. The highest BCUT2D eigenvalue weighted by Gasteiger charge is 2.05. The molecule has 0 unspecified atom stereocenters. The molecule has 8 heteroatoms. The summed E-state index contributed by atoms with van der Waals surface area (Å²) in [6, 6.07) is 8.28. The van der Waals surface area contributed by atoms with Crippen molar-refractivity contribution in [3.63, 3.8) is 0 Å². The lowest BCUT2D eigenvalue weighted by Crippen LogP contribution is -2.28. The molecule has 0 aliphatic carbocycles. The Hall–Kier alpha value is -1.75. The van der Waals surface area contributed by atoms with Gasteiger partial charge in [0.1, 0.15) is 0 Å². The van der Waals surface area contributed by atoms with Crippen LogP contribution in [-0.4, -0.2) is 39.1 Å². The Morgan fingerprint density at radius 1 is 1.04 bits per heavy atom. The van der Waals surface area contributed by atoms with Crippen molar-refractivity contribution in [3.05, 3.63) is 69.8 Å². The molecule has 2 aromatic heterocycles. The van der Waals surface area contributed by atoms with Crippen LogP contribution < -0.4 is 11.5 Å². The topological polar surface area (TPSA) is 119 Å². The second kappa shape index (κ2) is 11.8. The number of halogens is 1.